The van der Waals surface area contributed by atoms with E-state index in [0.29, 0.717) is 5.75 Å². The normalized spacial score (nSPS) is 18.0. The minimum absolute atomic E-state index is 0.0364. The number of amides is 2. The molecule has 2 aromatic carbocycles. The van der Waals surface area contributed by atoms with E-state index in [1.165, 1.54) is 0 Å². The fraction of sp³-hybridized carbons (Fsp3) is 0.575. The second-order valence-electron chi connectivity index (χ2n) is 13.6. The van der Waals surface area contributed by atoms with Crippen LogP contribution in [0.1, 0.15) is 124 Å². The highest BCUT2D eigenvalue weighted by Crippen LogP contribution is 2.46. The second kappa shape index (κ2) is 19.4. The molecule has 0 bridgehead atoms. The van der Waals surface area contributed by atoms with Crippen LogP contribution in [0, 0.1) is 17.2 Å². The first-order valence-corrected chi connectivity index (χ1v) is 17.3. The first-order chi connectivity index (χ1) is 22.4. The van der Waals surface area contributed by atoms with Gasteiger partial charge in [-0.1, -0.05) is 72.6 Å². The monoisotopic (exact) mass is 652 g/mol. The second-order valence-corrected chi connectivity index (χ2v) is 13.6. The zero-order chi connectivity index (χ0) is 35.9. The van der Waals surface area contributed by atoms with Gasteiger partial charge in [0, 0.05) is 31.0 Å². The highest BCUT2D eigenvalue weighted by Gasteiger charge is 2.34. The van der Waals surface area contributed by atoms with Gasteiger partial charge in [-0.25, -0.2) is 4.39 Å². The summed E-state index contributed by atoms with van der Waals surface area (Å²) in [5, 5.41) is 6.04. The van der Waals surface area contributed by atoms with Gasteiger partial charge in [0.25, 0.3) is 0 Å². The molecule has 0 heterocycles. The summed E-state index contributed by atoms with van der Waals surface area (Å²) in [6.45, 7) is 24.4. The molecule has 2 aromatic rings. The van der Waals surface area contributed by atoms with E-state index < -0.39 is 5.41 Å². The van der Waals surface area contributed by atoms with Crippen LogP contribution in [0.3, 0.4) is 0 Å². The van der Waals surface area contributed by atoms with E-state index in [-0.39, 0.29) is 47.0 Å². The Kier molecular flexibility index (Phi) is 17.1. The molecule has 2 amide bonds. The SMILES string of the molecule is C=C.C=O.CC.CCC(C)(C)C[C@H](C)C(=O)N[C@@H]1CC[C@@H](Oc2ccc(C(C)(C)C(=O)NC)cc2-c2cccc(F)c2C2CCC2)C1. The van der Waals surface area contributed by atoms with Crippen molar-refractivity contribution in [1.82, 2.24) is 10.6 Å². The van der Waals surface area contributed by atoms with Crippen molar-refractivity contribution in [3.63, 3.8) is 0 Å². The van der Waals surface area contributed by atoms with Crippen molar-refractivity contribution < 1.29 is 23.5 Å². The summed E-state index contributed by atoms with van der Waals surface area (Å²) >= 11 is 0. The molecular formula is C40H61FN2O4. The van der Waals surface area contributed by atoms with E-state index in [4.69, 9.17) is 9.53 Å². The van der Waals surface area contributed by atoms with E-state index in [9.17, 15) is 9.59 Å². The first kappa shape index (κ1) is 41.5. The Morgan fingerprint density at radius 1 is 1.00 bits per heavy atom. The number of hydrogen-bond acceptors (Lipinski definition) is 4. The van der Waals surface area contributed by atoms with Gasteiger partial charge in [-0.3, -0.25) is 9.59 Å². The largest absolute Gasteiger partial charge is 0.490 e. The molecule has 0 unspecified atom stereocenters. The number of carbonyl (C=O) groups excluding carboxylic acids is 3. The molecule has 6 nitrogen and oxygen atoms in total. The van der Waals surface area contributed by atoms with Crippen LogP contribution in [0.5, 0.6) is 5.75 Å². The van der Waals surface area contributed by atoms with Crippen molar-refractivity contribution in [1.29, 1.82) is 0 Å². The lowest BCUT2D eigenvalue weighted by molar-refractivity contribution is -0.126. The van der Waals surface area contributed by atoms with E-state index in [1.807, 2.05) is 65.7 Å². The number of ether oxygens (including phenoxy) is 1. The van der Waals surface area contributed by atoms with Crippen molar-refractivity contribution in [2.45, 2.75) is 130 Å². The Morgan fingerprint density at radius 2 is 1.64 bits per heavy atom. The average molecular weight is 653 g/mol. The van der Waals surface area contributed by atoms with Gasteiger partial charge >= 0.3 is 0 Å². The summed E-state index contributed by atoms with van der Waals surface area (Å²) < 4.78 is 21.9. The van der Waals surface area contributed by atoms with Crippen molar-refractivity contribution >= 4 is 18.6 Å². The van der Waals surface area contributed by atoms with Crippen molar-refractivity contribution in [3.8, 4) is 16.9 Å². The number of hydrogen-bond donors (Lipinski definition) is 2. The Morgan fingerprint density at radius 3 is 2.19 bits per heavy atom. The van der Waals surface area contributed by atoms with E-state index >= 15 is 4.39 Å². The molecular weight excluding hydrogens is 591 g/mol. The zero-order valence-corrected chi connectivity index (χ0v) is 30.6. The molecule has 2 aliphatic rings. The van der Waals surface area contributed by atoms with Gasteiger partial charge in [0.15, 0.2) is 0 Å². The fourth-order valence-electron chi connectivity index (χ4n) is 6.33. The fourth-order valence-corrected chi connectivity index (χ4v) is 6.33. The van der Waals surface area contributed by atoms with Crippen LogP contribution < -0.4 is 15.4 Å². The van der Waals surface area contributed by atoms with Crippen molar-refractivity contribution in [2.24, 2.45) is 11.3 Å². The van der Waals surface area contributed by atoms with Gasteiger partial charge in [0.1, 0.15) is 24.5 Å². The van der Waals surface area contributed by atoms with Crippen molar-refractivity contribution in [2.75, 3.05) is 7.05 Å². The minimum Gasteiger partial charge on any atom is -0.490 e. The summed E-state index contributed by atoms with van der Waals surface area (Å²) in [5.74, 6) is 0.705. The van der Waals surface area contributed by atoms with Crippen molar-refractivity contribution in [3.05, 3.63) is 66.5 Å². The zero-order valence-electron chi connectivity index (χ0n) is 30.6. The molecule has 0 saturated heterocycles. The molecule has 47 heavy (non-hydrogen) atoms. The Hall–Kier alpha value is -3.48. The maximum Gasteiger partial charge on any atom is 0.229 e. The van der Waals surface area contributed by atoms with E-state index in [2.05, 4.69) is 44.6 Å². The molecule has 2 saturated carbocycles. The molecule has 2 aliphatic carbocycles. The lowest BCUT2D eigenvalue weighted by Crippen LogP contribution is -2.38. The maximum absolute atomic E-state index is 15.3. The van der Waals surface area contributed by atoms with Gasteiger partial charge in [-0.15, -0.1) is 13.2 Å². The Balaban J connectivity index is 0.00000174. The summed E-state index contributed by atoms with van der Waals surface area (Å²) in [4.78, 5) is 33.7. The molecule has 0 aromatic heterocycles. The molecule has 0 aliphatic heterocycles. The molecule has 2 fully saturated rings. The average Bonchev–Trinajstić information content (AvgIpc) is 3.49. The van der Waals surface area contributed by atoms with Crippen LogP contribution in [-0.4, -0.2) is 37.8 Å². The molecule has 2 N–H and O–H groups in total. The number of rotatable bonds is 11. The molecule has 262 valence electrons. The Bertz CT molecular complexity index is 1280. The number of nitrogens with one attached hydrogen (secondary N) is 2. The molecule has 7 heteroatoms. The molecule has 0 radical (unpaired) electrons. The van der Waals surface area contributed by atoms with Crippen LogP contribution in [0.15, 0.2) is 49.6 Å². The van der Waals surface area contributed by atoms with Gasteiger partial charge in [-0.2, -0.15) is 0 Å². The summed E-state index contributed by atoms with van der Waals surface area (Å²) in [6, 6.07) is 11.2. The molecule has 0 spiro atoms. The summed E-state index contributed by atoms with van der Waals surface area (Å²) in [7, 11) is 1.64. The molecule has 3 atom stereocenters. The third-order valence-electron chi connectivity index (χ3n) is 9.64. The van der Waals surface area contributed by atoms with E-state index in [0.717, 1.165) is 73.6 Å². The number of benzene rings is 2. The first-order valence-electron chi connectivity index (χ1n) is 17.3. The topological polar surface area (TPSA) is 84.5 Å². The van der Waals surface area contributed by atoms with Crippen LogP contribution >= 0.6 is 0 Å². The van der Waals surface area contributed by atoms with Gasteiger partial charge in [0.05, 0.1) is 5.41 Å². The Labute approximate surface area is 284 Å². The maximum atomic E-state index is 15.3. The van der Waals surface area contributed by atoms with Crippen LogP contribution in [-0.2, 0) is 19.8 Å². The number of halogens is 1. The smallest absolute Gasteiger partial charge is 0.229 e. The highest BCUT2D eigenvalue weighted by molar-refractivity contribution is 5.88. The van der Waals surface area contributed by atoms with Crippen LogP contribution in [0.25, 0.3) is 11.1 Å². The minimum atomic E-state index is -0.766. The molecule has 4 rings (SSSR count). The van der Waals surface area contributed by atoms with Gasteiger partial charge < -0.3 is 20.2 Å². The van der Waals surface area contributed by atoms with E-state index in [1.54, 1.807) is 19.2 Å². The van der Waals surface area contributed by atoms with Crippen LogP contribution in [0.4, 0.5) is 4.39 Å². The lowest BCUT2D eigenvalue weighted by atomic mass is 9.76. The predicted molar refractivity (Wildman–Crippen MR) is 193 cm³/mol. The quantitative estimate of drug-likeness (QED) is 0.237. The van der Waals surface area contributed by atoms with Gasteiger partial charge in [-0.05, 0) is 92.2 Å². The van der Waals surface area contributed by atoms with Crippen LogP contribution in [0.2, 0.25) is 0 Å². The van der Waals surface area contributed by atoms with Gasteiger partial charge in [0.2, 0.25) is 11.8 Å². The third-order valence-corrected chi connectivity index (χ3v) is 9.64. The highest BCUT2D eigenvalue weighted by atomic mass is 19.1. The summed E-state index contributed by atoms with van der Waals surface area (Å²) in [6.07, 6.45) is 7.35. The summed E-state index contributed by atoms with van der Waals surface area (Å²) in [5.41, 5.74) is 2.64. The predicted octanol–water partition coefficient (Wildman–Crippen LogP) is 9.31. The number of carbonyl (C=O) groups is 3. The third kappa shape index (κ3) is 10.8. The standard InChI is InChI=1S/C35H49FN2O3.C2H6.C2H4.CH2O/c1-8-34(3,4)21-22(2)32(39)38-25-16-17-26(20-25)41-30-18-15-24(35(5,6)33(40)37-7)19-28(30)27-13-10-14-29(36)31(27)23-11-9-12-23;3*1-2/h10,13-15,18-19,22-23,25-26H,8-9,11-12,16-17,20-21H2,1-7H3,(H,37,40)(H,38,39);1-2H3;1-2H2;1H2/t22-,25+,26+;;;/m0.../s1. The lowest BCUT2D eigenvalue weighted by Gasteiger charge is -2.30. The number of likely N-dealkylation sites (N-methyl/N-ethyl adjacent to an activating group) is 1.